The first-order valence-corrected chi connectivity index (χ1v) is 11.8. The molecule has 2 aromatic rings. The second-order valence-corrected chi connectivity index (χ2v) is 9.60. The summed E-state index contributed by atoms with van der Waals surface area (Å²) < 4.78 is 27.3. The molecule has 3 rings (SSSR count). The zero-order chi connectivity index (χ0) is 22.6. The van der Waals surface area contributed by atoms with E-state index in [1.807, 2.05) is 43.9 Å². The van der Waals surface area contributed by atoms with Crippen LogP contribution in [0.2, 0.25) is 0 Å². The fourth-order valence-electron chi connectivity index (χ4n) is 3.89. The predicted molar refractivity (Wildman–Crippen MR) is 120 cm³/mol. The Morgan fingerprint density at radius 1 is 1.10 bits per heavy atom. The summed E-state index contributed by atoms with van der Waals surface area (Å²) in [6, 6.07) is 14.3. The van der Waals surface area contributed by atoms with Crippen molar-refractivity contribution in [3.05, 3.63) is 59.2 Å². The van der Waals surface area contributed by atoms with Gasteiger partial charge < -0.3 is 9.80 Å². The molecular formula is C23H28N4O3S. The summed E-state index contributed by atoms with van der Waals surface area (Å²) in [6.07, 6.45) is 0. The highest BCUT2D eigenvalue weighted by atomic mass is 32.2. The molecule has 0 spiro atoms. The number of nitriles is 1. The molecule has 0 radical (unpaired) electrons. The number of rotatable bonds is 6. The lowest BCUT2D eigenvalue weighted by atomic mass is 10.1. The molecule has 0 saturated carbocycles. The first kappa shape index (κ1) is 22.8. The number of carbonyl (C=O) groups excluding carboxylic acids is 1. The number of aryl methyl sites for hydroxylation is 2. The molecule has 1 heterocycles. The second kappa shape index (κ2) is 9.50. The van der Waals surface area contributed by atoms with Crippen LogP contribution in [0, 0.1) is 25.2 Å². The first-order valence-electron chi connectivity index (χ1n) is 10.4. The molecule has 0 aromatic heterocycles. The van der Waals surface area contributed by atoms with Gasteiger partial charge in [-0.05, 0) is 44.5 Å². The summed E-state index contributed by atoms with van der Waals surface area (Å²) >= 11 is 0. The van der Waals surface area contributed by atoms with Crippen molar-refractivity contribution in [2.24, 2.45) is 0 Å². The van der Waals surface area contributed by atoms with E-state index in [1.165, 1.54) is 22.0 Å². The van der Waals surface area contributed by atoms with E-state index < -0.39 is 10.0 Å². The second-order valence-electron chi connectivity index (χ2n) is 7.70. The molecule has 0 N–H and O–H groups in total. The van der Waals surface area contributed by atoms with Gasteiger partial charge in [-0.1, -0.05) is 29.8 Å². The molecule has 0 bridgehead atoms. The number of likely N-dealkylation sites (N-methyl/N-ethyl adjacent to an activating group) is 1. The summed E-state index contributed by atoms with van der Waals surface area (Å²) in [7, 11) is -3.77. The molecule has 1 saturated heterocycles. The topological polar surface area (TPSA) is 84.7 Å². The largest absolute Gasteiger partial charge is 0.362 e. The van der Waals surface area contributed by atoms with Gasteiger partial charge in [-0.25, -0.2) is 8.42 Å². The van der Waals surface area contributed by atoms with Crippen molar-refractivity contribution < 1.29 is 13.2 Å². The highest BCUT2D eigenvalue weighted by Crippen LogP contribution is 2.23. The highest BCUT2D eigenvalue weighted by Gasteiger charge is 2.32. The molecule has 0 aliphatic carbocycles. The maximum Gasteiger partial charge on any atom is 0.244 e. The molecule has 1 aliphatic rings. The maximum absolute atomic E-state index is 13.0. The Kier molecular flexibility index (Phi) is 6.98. The third kappa shape index (κ3) is 4.89. The van der Waals surface area contributed by atoms with Crippen molar-refractivity contribution in [3.8, 4) is 6.07 Å². The highest BCUT2D eigenvalue weighted by molar-refractivity contribution is 7.89. The average molecular weight is 441 g/mol. The standard InChI is InChI=1S/C23H28N4O3S/c1-4-25(21-10-9-18(2)15-19(21)3)17-23(28)26-11-13-27(14-12-26)31(29,30)22-8-6-5-7-20(22)16-24/h5-10,15H,4,11-14,17H2,1-3H3. The fourth-order valence-corrected chi connectivity index (χ4v) is 5.46. The third-order valence-electron chi connectivity index (χ3n) is 5.62. The van der Waals surface area contributed by atoms with E-state index in [4.69, 9.17) is 0 Å². The number of sulfonamides is 1. The number of piperazine rings is 1. The third-order valence-corrected chi connectivity index (χ3v) is 7.57. The zero-order valence-electron chi connectivity index (χ0n) is 18.2. The smallest absolute Gasteiger partial charge is 0.244 e. The average Bonchev–Trinajstić information content (AvgIpc) is 2.77. The van der Waals surface area contributed by atoms with Crippen molar-refractivity contribution in [2.75, 3.05) is 44.2 Å². The Morgan fingerprint density at radius 2 is 1.77 bits per heavy atom. The van der Waals surface area contributed by atoms with Gasteiger partial charge in [0.25, 0.3) is 0 Å². The van der Waals surface area contributed by atoms with Gasteiger partial charge in [0, 0.05) is 38.4 Å². The van der Waals surface area contributed by atoms with Crippen LogP contribution in [0.3, 0.4) is 0 Å². The van der Waals surface area contributed by atoms with Crippen LogP contribution >= 0.6 is 0 Å². The van der Waals surface area contributed by atoms with Gasteiger partial charge in [0.15, 0.2) is 0 Å². The summed E-state index contributed by atoms with van der Waals surface area (Å²) in [5, 5.41) is 9.24. The van der Waals surface area contributed by atoms with Crippen molar-refractivity contribution in [1.82, 2.24) is 9.21 Å². The van der Waals surface area contributed by atoms with Crippen LogP contribution in [-0.2, 0) is 14.8 Å². The quantitative estimate of drug-likeness (QED) is 0.689. The number of benzene rings is 2. The fraction of sp³-hybridized carbons (Fsp3) is 0.391. The Morgan fingerprint density at radius 3 is 2.39 bits per heavy atom. The van der Waals surface area contributed by atoms with Gasteiger partial charge in [-0.15, -0.1) is 0 Å². The maximum atomic E-state index is 13.0. The van der Waals surface area contributed by atoms with Gasteiger partial charge in [-0.2, -0.15) is 9.57 Å². The van der Waals surface area contributed by atoms with Crippen LogP contribution in [0.15, 0.2) is 47.4 Å². The van der Waals surface area contributed by atoms with Crippen LogP contribution in [0.4, 0.5) is 5.69 Å². The van der Waals surface area contributed by atoms with E-state index in [2.05, 4.69) is 6.07 Å². The Labute approximate surface area is 184 Å². The van der Waals surface area contributed by atoms with Gasteiger partial charge in [-0.3, -0.25) is 4.79 Å². The predicted octanol–water partition coefficient (Wildman–Crippen LogP) is 2.53. The minimum atomic E-state index is -3.77. The molecule has 7 nitrogen and oxygen atoms in total. The summed E-state index contributed by atoms with van der Waals surface area (Å²) in [5.41, 5.74) is 3.48. The van der Waals surface area contributed by atoms with Crippen molar-refractivity contribution >= 4 is 21.6 Å². The van der Waals surface area contributed by atoms with E-state index in [9.17, 15) is 18.5 Å². The minimum absolute atomic E-state index is 0.0173. The summed E-state index contributed by atoms with van der Waals surface area (Å²) in [4.78, 5) is 16.7. The number of hydrogen-bond donors (Lipinski definition) is 0. The SMILES string of the molecule is CCN(CC(=O)N1CCN(S(=O)(=O)c2ccccc2C#N)CC1)c1ccc(C)cc1C. The molecule has 31 heavy (non-hydrogen) atoms. The van der Waals surface area contributed by atoms with Crippen LogP contribution < -0.4 is 4.90 Å². The number of amides is 1. The van der Waals surface area contributed by atoms with Crippen molar-refractivity contribution in [1.29, 1.82) is 5.26 Å². The van der Waals surface area contributed by atoms with Crippen molar-refractivity contribution in [3.63, 3.8) is 0 Å². The number of nitrogens with zero attached hydrogens (tertiary/aromatic N) is 4. The van der Waals surface area contributed by atoms with E-state index in [-0.39, 0.29) is 36.0 Å². The number of carbonyl (C=O) groups is 1. The molecule has 0 unspecified atom stereocenters. The lowest BCUT2D eigenvalue weighted by molar-refractivity contribution is -0.130. The summed E-state index contributed by atoms with van der Waals surface area (Å²) in [6.45, 7) is 8.14. The van der Waals surface area contributed by atoms with E-state index in [0.29, 0.717) is 19.6 Å². The van der Waals surface area contributed by atoms with Crippen LogP contribution in [0.25, 0.3) is 0 Å². The van der Waals surface area contributed by atoms with Crippen LogP contribution in [0.5, 0.6) is 0 Å². The Balaban J connectivity index is 1.66. The van der Waals surface area contributed by atoms with Crippen LogP contribution in [0.1, 0.15) is 23.6 Å². The molecule has 2 aromatic carbocycles. The van der Waals surface area contributed by atoms with Gasteiger partial charge in [0.1, 0.15) is 6.07 Å². The van der Waals surface area contributed by atoms with Gasteiger partial charge in [0.2, 0.25) is 15.9 Å². The van der Waals surface area contributed by atoms with Crippen molar-refractivity contribution in [2.45, 2.75) is 25.7 Å². The lowest BCUT2D eigenvalue weighted by Gasteiger charge is -2.35. The Hall–Kier alpha value is -2.89. The molecular weight excluding hydrogens is 412 g/mol. The molecule has 1 fully saturated rings. The monoisotopic (exact) mass is 440 g/mol. The van der Waals surface area contributed by atoms with Crippen LogP contribution in [-0.4, -0.2) is 62.8 Å². The van der Waals surface area contributed by atoms with Gasteiger partial charge in [0.05, 0.1) is 17.0 Å². The summed E-state index contributed by atoms with van der Waals surface area (Å²) in [5.74, 6) is -0.0173. The number of hydrogen-bond acceptors (Lipinski definition) is 5. The first-order chi connectivity index (χ1) is 14.8. The minimum Gasteiger partial charge on any atom is -0.362 e. The number of anilines is 1. The molecule has 0 atom stereocenters. The Bertz CT molecular complexity index is 1100. The van der Waals surface area contributed by atoms with E-state index in [1.54, 1.807) is 17.0 Å². The van der Waals surface area contributed by atoms with E-state index in [0.717, 1.165) is 11.3 Å². The lowest BCUT2D eigenvalue weighted by Crippen LogP contribution is -2.52. The van der Waals surface area contributed by atoms with Gasteiger partial charge >= 0.3 is 0 Å². The normalized spacial score (nSPS) is 14.8. The molecule has 1 amide bonds. The zero-order valence-corrected chi connectivity index (χ0v) is 19.0. The van der Waals surface area contributed by atoms with E-state index >= 15 is 0 Å². The molecule has 164 valence electrons. The molecule has 1 aliphatic heterocycles. The molecule has 8 heteroatoms.